The van der Waals surface area contributed by atoms with E-state index in [1.807, 2.05) is 0 Å². The van der Waals surface area contributed by atoms with Gasteiger partial charge in [0, 0.05) is 19.2 Å². The van der Waals surface area contributed by atoms with Gasteiger partial charge in [-0.1, -0.05) is 37.1 Å². The number of hydrogen-bond donors (Lipinski definition) is 1. The molecular formula is C24H28N2O6S. The first-order valence-corrected chi connectivity index (χ1v) is 12.2. The van der Waals surface area contributed by atoms with Crippen molar-refractivity contribution in [3.63, 3.8) is 0 Å². The molecule has 2 aromatic rings. The summed E-state index contributed by atoms with van der Waals surface area (Å²) >= 11 is 0. The van der Waals surface area contributed by atoms with Gasteiger partial charge in [-0.05, 0) is 54.3 Å². The monoisotopic (exact) mass is 472 g/mol. The molecule has 2 N–H and O–H groups in total. The van der Waals surface area contributed by atoms with Crippen LogP contribution in [0.3, 0.4) is 0 Å². The molecule has 0 radical (unpaired) electrons. The Morgan fingerprint density at radius 3 is 2.36 bits per heavy atom. The summed E-state index contributed by atoms with van der Waals surface area (Å²) in [6, 6.07) is 13.2. The molecule has 0 aromatic heterocycles. The van der Waals surface area contributed by atoms with Gasteiger partial charge in [0.2, 0.25) is 10.0 Å². The van der Waals surface area contributed by atoms with Crippen LogP contribution in [0.25, 0.3) is 6.08 Å². The van der Waals surface area contributed by atoms with E-state index >= 15 is 0 Å². The number of carbonyl (C=O) groups is 2. The quantitative estimate of drug-likeness (QED) is 0.443. The number of nitrogens with zero attached hydrogens (tertiary/aromatic N) is 1. The van der Waals surface area contributed by atoms with Crippen molar-refractivity contribution in [2.24, 2.45) is 5.73 Å². The van der Waals surface area contributed by atoms with Gasteiger partial charge in [0.05, 0.1) is 4.90 Å². The van der Waals surface area contributed by atoms with Crippen molar-refractivity contribution in [1.82, 2.24) is 4.31 Å². The molecule has 176 valence electrons. The first-order chi connectivity index (χ1) is 15.8. The van der Waals surface area contributed by atoms with Crippen LogP contribution >= 0.6 is 0 Å². The molecule has 0 unspecified atom stereocenters. The summed E-state index contributed by atoms with van der Waals surface area (Å²) in [7, 11) is -3.50. The SMILES string of the molecule is NC(=O)COc1cccc(COC(=O)/C=C/c2ccc(S(=O)(=O)N3CCCCCC3)cc2)c1. The Labute approximate surface area is 194 Å². The van der Waals surface area contributed by atoms with E-state index in [9.17, 15) is 18.0 Å². The Hall–Kier alpha value is -3.17. The van der Waals surface area contributed by atoms with Gasteiger partial charge >= 0.3 is 5.97 Å². The van der Waals surface area contributed by atoms with Crippen molar-refractivity contribution in [2.75, 3.05) is 19.7 Å². The molecule has 8 nitrogen and oxygen atoms in total. The molecule has 1 saturated heterocycles. The van der Waals surface area contributed by atoms with Crippen LogP contribution in [-0.4, -0.2) is 44.3 Å². The van der Waals surface area contributed by atoms with E-state index in [2.05, 4.69) is 0 Å². The summed E-state index contributed by atoms with van der Waals surface area (Å²) in [6.07, 6.45) is 6.73. The molecule has 1 fully saturated rings. The van der Waals surface area contributed by atoms with Crippen LogP contribution in [-0.2, 0) is 31.0 Å². The predicted molar refractivity (Wildman–Crippen MR) is 124 cm³/mol. The topological polar surface area (TPSA) is 116 Å². The Bertz CT molecular complexity index is 1090. The number of nitrogens with two attached hydrogens (primary N) is 1. The fourth-order valence-corrected chi connectivity index (χ4v) is 4.95. The fourth-order valence-electron chi connectivity index (χ4n) is 3.43. The summed E-state index contributed by atoms with van der Waals surface area (Å²) in [5.41, 5.74) is 6.43. The predicted octanol–water partition coefficient (Wildman–Crippen LogP) is 2.87. The minimum atomic E-state index is -3.50. The second-order valence-electron chi connectivity index (χ2n) is 7.73. The van der Waals surface area contributed by atoms with Crippen molar-refractivity contribution in [1.29, 1.82) is 0 Å². The van der Waals surface area contributed by atoms with E-state index in [0.29, 0.717) is 30.0 Å². The maximum absolute atomic E-state index is 12.8. The van der Waals surface area contributed by atoms with Gasteiger partial charge in [0.15, 0.2) is 6.61 Å². The average Bonchev–Trinajstić information content (AvgIpc) is 3.11. The third-order valence-electron chi connectivity index (χ3n) is 5.16. The van der Waals surface area contributed by atoms with Crippen LogP contribution in [0.5, 0.6) is 5.75 Å². The third kappa shape index (κ3) is 7.44. The highest BCUT2D eigenvalue weighted by molar-refractivity contribution is 7.89. The summed E-state index contributed by atoms with van der Waals surface area (Å²) in [4.78, 5) is 23.1. The van der Waals surface area contributed by atoms with Crippen LogP contribution < -0.4 is 10.5 Å². The first-order valence-electron chi connectivity index (χ1n) is 10.8. The lowest BCUT2D eigenvalue weighted by atomic mass is 10.2. The molecule has 0 aliphatic carbocycles. The number of benzene rings is 2. The molecule has 1 aliphatic rings. The normalized spacial score (nSPS) is 15.2. The van der Waals surface area contributed by atoms with Gasteiger partial charge < -0.3 is 15.2 Å². The third-order valence-corrected chi connectivity index (χ3v) is 7.07. The van der Waals surface area contributed by atoms with Gasteiger partial charge in [-0.15, -0.1) is 0 Å². The second-order valence-corrected chi connectivity index (χ2v) is 9.67. The van der Waals surface area contributed by atoms with Crippen molar-refractivity contribution < 1.29 is 27.5 Å². The van der Waals surface area contributed by atoms with Crippen LogP contribution in [0.1, 0.15) is 36.8 Å². The summed E-state index contributed by atoms with van der Waals surface area (Å²) in [5, 5.41) is 0. The number of esters is 1. The van der Waals surface area contributed by atoms with Crippen molar-refractivity contribution in [3.8, 4) is 5.75 Å². The molecule has 9 heteroatoms. The van der Waals surface area contributed by atoms with Gasteiger partial charge in [-0.2, -0.15) is 4.31 Å². The Morgan fingerprint density at radius 2 is 1.70 bits per heavy atom. The van der Waals surface area contributed by atoms with E-state index in [0.717, 1.165) is 25.7 Å². The van der Waals surface area contributed by atoms with Crippen molar-refractivity contribution >= 4 is 28.0 Å². The molecule has 33 heavy (non-hydrogen) atoms. The first kappa shape index (κ1) is 24.5. The Kier molecular flexibility index (Phi) is 8.62. The Morgan fingerprint density at radius 1 is 1.00 bits per heavy atom. The number of sulfonamides is 1. The summed E-state index contributed by atoms with van der Waals surface area (Å²) < 4.78 is 37.7. The second kappa shape index (κ2) is 11.6. The van der Waals surface area contributed by atoms with E-state index in [1.165, 1.54) is 6.08 Å². The van der Waals surface area contributed by atoms with Crippen LogP contribution in [0.15, 0.2) is 59.5 Å². The number of amides is 1. The maximum Gasteiger partial charge on any atom is 0.331 e. The van der Waals surface area contributed by atoms with Crippen molar-refractivity contribution in [3.05, 3.63) is 65.7 Å². The zero-order valence-corrected chi connectivity index (χ0v) is 19.1. The number of primary amides is 1. The molecular weight excluding hydrogens is 444 g/mol. The van der Waals surface area contributed by atoms with Gasteiger partial charge in [0.25, 0.3) is 5.91 Å². The molecule has 1 amide bonds. The van der Waals surface area contributed by atoms with Crippen molar-refractivity contribution in [2.45, 2.75) is 37.2 Å². The molecule has 0 spiro atoms. The smallest absolute Gasteiger partial charge is 0.331 e. The molecule has 1 heterocycles. The number of rotatable bonds is 9. The minimum absolute atomic E-state index is 0.0317. The van der Waals surface area contributed by atoms with E-state index in [-0.39, 0.29) is 18.1 Å². The largest absolute Gasteiger partial charge is 0.484 e. The molecule has 2 aromatic carbocycles. The average molecular weight is 473 g/mol. The van der Waals surface area contributed by atoms with Crippen LogP contribution in [0.4, 0.5) is 0 Å². The lowest BCUT2D eigenvalue weighted by molar-refractivity contribution is -0.138. The fraction of sp³-hybridized carbons (Fsp3) is 0.333. The zero-order chi connectivity index (χ0) is 23.7. The summed E-state index contributed by atoms with van der Waals surface area (Å²) in [5.74, 6) is -0.669. The highest BCUT2D eigenvalue weighted by Gasteiger charge is 2.24. The van der Waals surface area contributed by atoms with Gasteiger partial charge in [-0.25, -0.2) is 13.2 Å². The number of ether oxygens (including phenoxy) is 2. The Balaban J connectivity index is 1.54. The highest BCUT2D eigenvalue weighted by Crippen LogP contribution is 2.21. The van der Waals surface area contributed by atoms with E-state index in [4.69, 9.17) is 15.2 Å². The molecule has 1 aliphatic heterocycles. The zero-order valence-electron chi connectivity index (χ0n) is 18.3. The molecule has 0 saturated carbocycles. The minimum Gasteiger partial charge on any atom is -0.484 e. The highest BCUT2D eigenvalue weighted by atomic mass is 32.2. The standard InChI is InChI=1S/C24H28N2O6S/c25-23(27)18-31-21-7-5-6-20(16-21)17-32-24(28)13-10-19-8-11-22(12-9-19)33(29,30)26-14-3-1-2-4-15-26/h5-13,16H,1-4,14-15,17-18H2,(H2,25,27)/b13-10+. The molecule has 0 atom stereocenters. The number of hydrogen-bond acceptors (Lipinski definition) is 6. The molecule has 3 rings (SSSR count). The van der Waals surface area contributed by atoms with E-state index < -0.39 is 21.9 Å². The maximum atomic E-state index is 12.8. The van der Waals surface area contributed by atoms with Crippen LogP contribution in [0, 0.1) is 0 Å². The summed E-state index contributed by atoms with van der Waals surface area (Å²) in [6.45, 7) is 0.903. The van der Waals surface area contributed by atoms with E-state index in [1.54, 1.807) is 58.9 Å². The number of carbonyl (C=O) groups excluding carboxylic acids is 2. The van der Waals surface area contributed by atoms with Crippen LogP contribution in [0.2, 0.25) is 0 Å². The van der Waals surface area contributed by atoms with Gasteiger partial charge in [0.1, 0.15) is 12.4 Å². The van der Waals surface area contributed by atoms with Gasteiger partial charge in [-0.3, -0.25) is 4.79 Å². The molecule has 0 bridgehead atoms. The lowest BCUT2D eigenvalue weighted by Crippen LogP contribution is -2.31. The lowest BCUT2D eigenvalue weighted by Gasteiger charge is -2.19.